The SMILES string of the molecule is Cc1ccc(C)c(NC(=O)CCCC(=O)OCC(=O)Nc2ccc(Br)c(Cl)c2C)c1. The molecule has 0 radical (unpaired) electrons. The monoisotopic (exact) mass is 494 g/mol. The van der Waals surface area contributed by atoms with Crippen molar-refractivity contribution in [2.75, 3.05) is 17.2 Å². The zero-order valence-electron chi connectivity index (χ0n) is 17.1. The Morgan fingerprint density at radius 2 is 1.67 bits per heavy atom. The summed E-state index contributed by atoms with van der Waals surface area (Å²) in [6.07, 6.45) is 0.570. The number of benzene rings is 2. The lowest BCUT2D eigenvalue weighted by Gasteiger charge is -2.11. The lowest BCUT2D eigenvalue weighted by atomic mass is 10.1. The highest BCUT2D eigenvalue weighted by atomic mass is 79.9. The molecule has 0 heterocycles. The van der Waals surface area contributed by atoms with E-state index in [4.69, 9.17) is 16.3 Å². The first-order valence-corrected chi connectivity index (χ1v) is 10.6. The Morgan fingerprint density at radius 3 is 2.40 bits per heavy atom. The van der Waals surface area contributed by atoms with E-state index in [0.717, 1.165) is 21.3 Å². The Labute approximate surface area is 189 Å². The van der Waals surface area contributed by atoms with Crippen LogP contribution in [0.1, 0.15) is 36.0 Å². The van der Waals surface area contributed by atoms with E-state index < -0.39 is 18.5 Å². The molecule has 0 aromatic heterocycles. The van der Waals surface area contributed by atoms with Crippen LogP contribution >= 0.6 is 27.5 Å². The maximum absolute atomic E-state index is 12.1. The molecule has 2 rings (SSSR count). The zero-order chi connectivity index (χ0) is 22.3. The van der Waals surface area contributed by atoms with Gasteiger partial charge in [0.2, 0.25) is 5.91 Å². The van der Waals surface area contributed by atoms with Crippen molar-refractivity contribution in [1.82, 2.24) is 0 Å². The zero-order valence-corrected chi connectivity index (χ0v) is 19.4. The number of hydrogen-bond acceptors (Lipinski definition) is 4. The molecule has 0 saturated heterocycles. The number of esters is 1. The molecule has 0 aliphatic carbocycles. The number of carbonyl (C=O) groups excluding carboxylic acids is 3. The van der Waals surface area contributed by atoms with Crippen molar-refractivity contribution in [1.29, 1.82) is 0 Å². The third-order valence-electron chi connectivity index (χ3n) is 4.43. The first-order valence-electron chi connectivity index (χ1n) is 9.44. The fourth-order valence-electron chi connectivity index (χ4n) is 2.67. The van der Waals surface area contributed by atoms with Crippen molar-refractivity contribution in [2.45, 2.75) is 40.0 Å². The summed E-state index contributed by atoms with van der Waals surface area (Å²) in [6, 6.07) is 9.25. The average molecular weight is 496 g/mol. The van der Waals surface area contributed by atoms with Gasteiger partial charge in [-0.25, -0.2) is 0 Å². The summed E-state index contributed by atoms with van der Waals surface area (Å²) in [4.78, 5) is 35.9. The molecular formula is C22H24BrClN2O4. The molecule has 0 spiro atoms. The van der Waals surface area contributed by atoms with E-state index in [1.54, 1.807) is 19.1 Å². The molecule has 2 N–H and O–H groups in total. The van der Waals surface area contributed by atoms with Crippen LogP contribution in [0.3, 0.4) is 0 Å². The Balaban J connectivity index is 1.71. The standard InChI is InChI=1S/C22H24BrClN2O4/c1-13-7-8-14(2)18(11-13)26-19(27)5-4-6-21(29)30-12-20(28)25-17-10-9-16(23)22(24)15(17)3/h7-11H,4-6,12H2,1-3H3,(H,25,28)(H,26,27). The number of halogens is 2. The van der Waals surface area contributed by atoms with Gasteiger partial charge in [0.25, 0.3) is 5.91 Å². The van der Waals surface area contributed by atoms with Crippen LogP contribution in [0.4, 0.5) is 11.4 Å². The second-order valence-electron chi connectivity index (χ2n) is 6.96. The Hall–Kier alpha value is -2.38. The van der Waals surface area contributed by atoms with E-state index in [-0.39, 0.29) is 18.7 Å². The van der Waals surface area contributed by atoms with Crippen molar-refractivity contribution in [3.05, 3.63) is 56.5 Å². The van der Waals surface area contributed by atoms with E-state index in [1.807, 2.05) is 32.0 Å². The summed E-state index contributed by atoms with van der Waals surface area (Å²) in [5.41, 5.74) is 4.05. The molecule has 30 heavy (non-hydrogen) atoms. The van der Waals surface area contributed by atoms with Gasteiger partial charge in [0.1, 0.15) is 0 Å². The number of nitrogens with one attached hydrogen (secondary N) is 2. The van der Waals surface area contributed by atoms with E-state index in [0.29, 0.717) is 22.7 Å². The van der Waals surface area contributed by atoms with Gasteiger partial charge in [0, 0.05) is 28.7 Å². The van der Waals surface area contributed by atoms with Crippen LogP contribution in [0, 0.1) is 20.8 Å². The molecule has 0 atom stereocenters. The first kappa shape index (κ1) is 23.9. The molecule has 0 fully saturated rings. The molecule has 0 saturated carbocycles. The average Bonchev–Trinajstić information content (AvgIpc) is 2.69. The van der Waals surface area contributed by atoms with E-state index in [1.165, 1.54) is 0 Å². The molecule has 160 valence electrons. The number of aryl methyl sites for hydroxylation is 2. The lowest BCUT2D eigenvalue weighted by Crippen LogP contribution is -2.21. The highest BCUT2D eigenvalue weighted by Gasteiger charge is 2.12. The maximum atomic E-state index is 12.1. The molecule has 6 nitrogen and oxygen atoms in total. The summed E-state index contributed by atoms with van der Waals surface area (Å²) in [6.45, 7) is 5.24. The predicted molar refractivity (Wildman–Crippen MR) is 122 cm³/mol. The number of amides is 2. The van der Waals surface area contributed by atoms with Crippen LogP contribution in [0.2, 0.25) is 5.02 Å². The summed E-state index contributed by atoms with van der Waals surface area (Å²) in [7, 11) is 0. The third kappa shape index (κ3) is 7.15. The fraction of sp³-hybridized carbons (Fsp3) is 0.318. The smallest absolute Gasteiger partial charge is 0.306 e. The molecule has 0 aliphatic rings. The van der Waals surface area contributed by atoms with Crippen LogP contribution < -0.4 is 10.6 Å². The van der Waals surface area contributed by atoms with Crippen molar-refractivity contribution in [2.24, 2.45) is 0 Å². The number of anilines is 2. The largest absolute Gasteiger partial charge is 0.456 e. The van der Waals surface area contributed by atoms with Crippen LogP contribution in [-0.2, 0) is 19.1 Å². The van der Waals surface area contributed by atoms with Gasteiger partial charge in [-0.15, -0.1) is 0 Å². The van der Waals surface area contributed by atoms with Gasteiger partial charge in [0.05, 0.1) is 5.02 Å². The van der Waals surface area contributed by atoms with Crippen molar-refractivity contribution >= 4 is 56.7 Å². The van der Waals surface area contributed by atoms with Gasteiger partial charge >= 0.3 is 5.97 Å². The molecule has 2 aromatic rings. The van der Waals surface area contributed by atoms with Gasteiger partial charge in [-0.3, -0.25) is 14.4 Å². The number of rotatable bonds is 8. The van der Waals surface area contributed by atoms with Gasteiger partial charge in [0.15, 0.2) is 6.61 Å². The van der Waals surface area contributed by atoms with Gasteiger partial charge in [-0.1, -0.05) is 23.7 Å². The highest BCUT2D eigenvalue weighted by molar-refractivity contribution is 9.10. The quantitative estimate of drug-likeness (QED) is 0.486. The molecule has 0 unspecified atom stereocenters. The maximum Gasteiger partial charge on any atom is 0.306 e. The van der Waals surface area contributed by atoms with Crippen molar-refractivity contribution in [3.63, 3.8) is 0 Å². The summed E-state index contributed by atoms with van der Waals surface area (Å²) in [5.74, 6) is -1.16. The van der Waals surface area contributed by atoms with Crippen LogP contribution in [0.5, 0.6) is 0 Å². The van der Waals surface area contributed by atoms with Crippen LogP contribution in [0.15, 0.2) is 34.8 Å². The second-order valence-corrected chi connectivity index (χ2v) is 8.20. The molecule has 0 bridgehead atoms. The van der Waals surface area contributed by atoms with Crippen LogP contribution in [-0.4, -0.2) is 24.4 Å². The van der Waals surface area contributed by atoms with Gasteiger partial charge < -0.3 is 15.4 Å². The normalized spacial score (nSPS) is 10.4. The number of carbonyl (C=O) groups is 3. The van der Waals surface area contributed by atoms with Crippen molar-refractivity contribution < 1.29 is 19.1 Å². The minimum absolute atomic E-state index is 0.0522. The van der Waals surface area contributed by atoms with Gasteiger partial charge in [-0.05, 0) is 78.0 Å². The number of hydrogen-bond donors (Lipinski definition) is 2. The predicted octanol–water partition coefficient (Wildman–Crippen LogP) is 5.32. The molecular weight excluding hydrogens is 472 g/mol. The lowest BCUT2D eigenvalue weighted by molar-refractivity contribution is -0.147. The van der Waals surface area contributed by atoms with E-state index >= 15 is 0 Å². The molecule has 2 aromatic carbocycles. The minimum atomic E-state index is -0.532. The summed E-state index contributed by atoms with van der Waals surface area (Å²) in [5, 5.41) is 6.01. The Morgan fingerprint density at radius 1 is 0.967 bits per heavy atom. The first-order chi connectivity index (χ1) is 14.2. The Kier molecular flexibility index (Phi) is 8.87. The number of ether oxygens (including phenoxy) is 1. The Bertz CT molecular complexity index is 962. The molecule has 8 heteroatoms. The highest BCUT2D eigenvalue weighted by Crippen LogP contribution is 2.30. The van der Waals surface area contributed by atoms with Gasteiger partial charge in [-0.2, -0.15) is 0 Å². The van der Waals surface area contributed by atoms with Crippen molar-refractivity contribution in [3.8, 4) is 0 Å². The second kappa shape index (κ2) is 11.1. The molecule has 0 aliphatic heterocycles. The molecule has 2 amide bonds. The van der Waals surface area contributed by atoms with Crippen LogP contribution in [0.25, 0.3) is 0 Å². The summed E-state index contributed by atoms with van der Waals surface area (Å²) < 4.78 is 5.71. The third-order valence-corrected chi connectivity index (χ3v) is 5.81. The van der Waals surface area contributed by atoms with E-state index in [2.05, 4.69) is 26.6 Å². The minimum Gasteiger partial charge on any atom is -0.456 e. The fourth-order valence-corrected chi connectivity index (χ4v) is 3.26. The topological polar surface area (TPSA) is 84.5 Å². The summed E-state index contributed by atoms with van der Waals surface area (Å²) >= 11 is 9.44. The van der Waals surface area contributed by atoms with E-state index in [9.17, 15) is 14.4 Å².